The minimum absolute atomic E-state index is 0.237. The molecule has 0 bridgehead atoms. The summed E-state index contributed by atoms with van der Waals surface area (Å²) in [6, 6.07) is 33.7. The number of methoxy groups -OCH3 is 3. The smallest absolute Gasteiger partial charge is 0.184 e. The van der Waals surface area contributed by atoms with Crippen LogP contribution in [0.1, 0.15) is 28.7 Å². The highest BCUT2D eigenvalue weighted by molar-refractivity contribution is 6.25. The van der Waals surface area contributed by atoms with E-state index in [0.29, 0.717) is 32.0 Å². The monoisotopic (exact) mass is 688 g/mol. The largest absolute Gasteiger partial charge is 0.497 e. The van der Waals surface area contributed by atoms with Crippen molar-refractivity contribution in [2.75, 3.05) is 34.5 Å². The molecule has 1 aliphatic heterocycles. The van der Waals surface area contributed by atoms with Gasteiger partial charge in [-0.05, 0) is 71.5 Å². The second-order valence-electron chi connectivity index (χ2n) is 11.6. The molecule has 1 heterocycles. The number of benzene rings is 4. The Kier molecular flexibility index (Phi) is 14.4. The van der Waals surface area contributed by atoms with Gasteiger partial charge in [0, 0.05) is 11.1 Å². The van der Waals surface area contributed by atoms with Crippen LogP contribution in [0, 0.1) is 0 Å². The third-order valence-electron chi connectivity index (χ3n) is 8.31. The molecule has 0 N–H and O–H groups in total. The van der Waals surface area contributed by atoms with Crippen molar-refractivity contribution in [1.82, 2.24) is 0 Å². The van der Waals surface area contributed by atoms with Crippen LogP contribution in [0.25, 0.3) is 0 Å². The fourth-order valence-corrected chi connectivity index (χ4v) is 5.78. The Labute approximate surface area is 294 Å². The minimum Gasteiger partial charge on any atom is -0.497 e. The zero-order chi connectivity index (χ0) is 34.3. The number of rotatable bonds is 18. The first-order valence-electron chi connectivity index (χ1n) is 16.4. The zero-order valence-electron chi connectivity index (χ0n) is 28.3. The van der Waals surface area contributed by atoms with Crippen molar-refractivity contribution in [3.8, 4) is 17.2 Å². The third-order valence-corrected chi connectivity index (χ3v) is 8.56. The van der Waals surface area contributed by atoms with Crippen molar-refractivity contribution in [1.29, 1.82) is 0 Å². The predicted octanol–water partition coefficient (Wildman–Crippen LogP) is 7.90. The molecule has 8 nitrogen and oxygen atoms in total. The molecule has 0 spiro atoms. The SMILES string of the molecule is COc1ccc(COCC2O[C@H](OCCCc3ccccc3)/C(=C\Cl)C(OCc3ccc(OC)cc3)C2OCc2ccc(OC)cc2)cc1. The van der Waals surface area contributed by atoms with E-state index < -0.39 is 24.6 Å². The highest BCUT2D eigenvalue weighted by atomic mass is 35.5. The lowest BCUT2D eigenvalue weighted by molar-refractivity contribution is -0.249. The molecule has 5 rings (SSSR count). The molecule has 1 fully saturated rings. The summed E-state index contributed by atoms with van der Waals surface area (Å²) >= 11 is 6.54. The van der Waals surface area contributed by atoms with Gasteiger partial charge in [-0.3, -0.25) is 0 Å². The van der Waals surface area contributed by atoms with E-state index in [1.54, 1.807) is 21.3 Å². The number of aryl methyl sites for hydroxylation is 1. The van der Waals surface area contributed by atoms with E-state index in [-0.39, 0.29) is 6.61 Å². The fourth-order valence-electron chi connectivity index (χ4n) is 5.55. The van der Waals surface area contributed by atoms with Gasteiger partial charge in [0.2, 0.25) is 0 Å². The molecule has 0 aromatic heterocycles. The number of hydrogen-bond donors (Lipinski definition) is 0. The summed E-state index contributed by atoms with van der Waals surface area (Å²) in [7, 11) is 4.94. The van der Waals surface area contributed by atoms with Gasteiger partial charge in [0.1, 0.15) is 35.6 Å². The predicted molar refractivity (Wildman–Crippen MR) is 189 cm³/mol. The molecule has 49 heavy (non-hydrogen) atoms. The molecule has 4 atom stereocenters. The molecule has 0 saturated carbocycles. The van der Waals surface area contributed by atoms with E-state index >= 15 is 0 Å². The number of halogens is 1. The molecule has 260 valence electrons. The lowest BCUT2D eigenvalue weighted by Gasteiger charge is -2.42. The fraction of sp³-hybridized carbons (Fsp3) is 0.350. The molecule has 1 saturated heterocycles. The summed E-state index contributed by atoms with van der Waals surface area (Å²) < 4.78 is 48.5. The van der Waals surface area contributed by atoms with Crippen LogP contribution < -0.4 is 14.2 Å². The normalized spacial score (nSPS) is 19.9. The summed E-state index contributed by atoms with van der Waals surface area (Å²) in [4.78, 5) is 0. The summed E-state index contributed by atoms with van der Waals surface area (Å²) in [5.74, 6) is 2.33. The molecule has 9 heteroatoms. The van der Waals surface area contributed by atoms with Crippen molar-refractivity contribution < 1.29 is 37.9 Å². The Morgan fingerprint density at radius 2 is 1.14 bits per heavy atom. The molecule has 4 aromatic rings. The van der Waals surface area contributed by atoms with Gasteiger partial charge in [-0.2, -0.15) is 0 Å². The zero-order valence-corrected chi connectivity index (χ0v) is 29.1. The number of ether oxygens (including phenoxy) is 8. The first-order chi connectivity index (χ1) is 24.1. The lowest BCUT2D eigenvalue weighted by atomic mass is 9.96. The Morgan fingerprint density at radius 3 is 1.67 bits per heavy atom. The Bertz CT molecular complexity index is 1540. The second-order valence-corrected chi connectivity index (χ2v) is 11.9. The van der Waals surface area contributed by atoms with Crippen LogP contribution in [-0.4, -0.2) is 59.1 Å². The Morgan fingerprint density at radius 1 is 0.612 bits per heavy atom. The Hall–Kier alpha value is -3.89. The van der Waals surface area contributed by atoms with Crippen LogP contribution in [0.15, 0.2) is 114 Å². The van der Waals surface area contributed by atoms with Crippen molar-refractivity contribution in [2.45, 2.75) is 57.3 Å². The Balaban J connectivity index is 1.35. The molecular formula is C40H45ClO8. The van der Waals surface area contributed by atoms with Gasteiger partial charge >= 0.3 is 0 Å². The van der Waals surface area contributed by atoms with Crippen LogP contribution in [-0.2, 0) is 49.9 Å². The molecule has 3 unspecified atom stereocenters. The molecule has 0 radical (unpaired) electrons. The van der Waals surface area contributed by atoms with E-state index in [2.05, 4.69) is 12.1 Å². The van der Waals surface area contributed by atoms with E-state index in [4.69, 9.17) is 49.5 Å². The summed E-state index contributed by atoms with van der Waals surface area (Å²) in [6.07, 6.45) is -0.730. The van der Waals surface area contributed by atoms with E-state index in [1.807, 2.05) is 91.0 Å². The van der Waals surface area contributed by atoms with Crippen LogP contribution in [0.3, 0.4) is 0 Å². The van der Waals surface area contributed by atoms with E-state index in [1.165, 1.54) is 11.1 Å². The average molecular weight is 689 g/mol. The number of hydrogen-bond acceptors (Lipinski definition) is 8. The molecule has 4 aromatic carbocycles. The maximum atomic E-state index is 6.64. The van der Waals surface area contributed by atoms with Crippen molar-refractivity contribution in [3.63, 3.8) is 0 Å². The van der Waals surface area contributed by atoms with Gasteiger partial charge in [0.15, 0.2) is 6.29 Å². The van der Waals surface area contributed by atoms with Gasteiger partial charge in [-0.25, -0.2) is 0 Å². The van der Waals surface area contributed by atoms with Crippen molar-refractivity contribution in [3.05, 3.63) is 136 Å². The standard InChI is InChI=1S/C40H45ClO8/c1-42-33-17-11-30(12-18-33)25-45-28-37-39(48-27-32-15-21-35(44-3)22-16-32)38(47-26-31-13-19-34(43-2)20-14-31)36(24-41)40(49-37)46-23-7-10-29-8-5-4-6-9-29/h4-6,8-9,11-22,24,37-40H,7,10,23,25-28H2,1-3H3/b36-24-/t37?,38?,39?,40-/m0/s1. The highest BCUT2D eigenvalue weighted by Gasteiger charge is 2.44. The lowest BCUT2D eigenvalue weighted by Crippen LogP contribution is -2.54. The first kappa shape index (κ1) is 36.4. The van der Waals surface area contributed by atoms with Crippen LogP contribution in [0.4, 0.5) is 0 Å². The summed E-state index contributed by atoms with van der Waals surface area (Å²) in [5, 5.41) is 0. The van der Waals surface area contributed by atoms with Crippen molar-refractivity contribution in [2.24, 2.45) is 0 Å². The summed E-state index contributed by atoms with van der Waals surface area (Å²) in [5.41, 5.74) is 6.36. The van der Waals surface area contributed by atoms with E-state index in [0.717, 1.165) is 46.8 Å². The molecule has 0 amide bonds. The molecule has 0 aliphatic carbocycles. The van der Waals surface area contributed by atoms with Crippen molar-refractivity contribution >= 4 is 11.6 Å². The van der Waals surface area contributed by atoms with Gasteiger partial charge in [0.05, 0.1) is 54.4 Å². The molecule has 1 aliphatic rings. The average Bonchev–Trinajstić information content (AvgIpc) is 3.16. The summed E-state index contributed by atoms with van der Waals surface area (Å²) in [6.45, 7) is 1.71. The van der Waals surface area contributed by atoms with Gasteiger partial charge in [0.25, 0.3) is 0 Å². The first-order valence-corrected chi connectivity index (χ1v) is 16.8. The molecular weight excluding hydrogens is 644 g/mol. The maximum Gasteiger partial charge on any atom is 0.184 e. The van der Waals surface area contributed by atoms with Crippen LogP contribution in [0.2, 0.25) is 0 Å². The van der Waals surface area contributed by atoms with Gasteiger partial charge < -0.3 is 37.9 Å². The van der Waals surface area contributed by atoms with Gasteiger partial charge in [-0.15, -0.1) is 0 Å². The third kappa shape index (κ3) is 10.8. The van der Waals surface area contributed by atoms with Gasteiger partial charge in [-0.1, -0.05) is 78.3 Å². The maximum absolute atomic E-state index is 6.64. The van der Waals surface area contributed by atoms with Crippen LogP contribution in [0.5, 0.6) is 17.2 Å². The minimum atomic E-state index is -0.746. The highest BCUT2D eigenvalue weighted by Crippen LogP contribution is 2.33. The van der Waals surface area contributed by atoms with Crippen LogP contribution >= 0.6 is 11.6 Å². The topological polar surface area (TPSA) is 73.8 Å². The quantitative estimate of drug-likeness (QED) is 0.0978. The second kappa shape index (κ2) is 19.3. The van der Waals surface area contributed by atoms with E-state index in [9.17, 15) is 0 Å².